The molecule has 0 amide bonds. The van der Waals surface area contributed by atoms with Crippen LogP contribution in [-0.2, 0) is 5.41 Å². The van der Waals surface area contributed by atoms with Crippen LogP contribution in [-0.4, -0.2) is 0 Å². The fourth-order valence-corrected chi connectivity index (χ4v) is 12.1. The Morgan fingerprint density at radius 2 is 0.642 bits per heavy atom. The van der Waals surface area contributed by atoms with Crippen LogP contribution in [0.3, 0.4) is 0 Å². The van der Waals surface area contributed by atoms with Gasteiger partial charge in [-0.3, -0.25) is 0 Å². The van der Waals surface area contributed by atoms with Crippen LogP contribution in [0.25, 0.3) is 109 Å². The number of fused-ring (bicyclic) bond motifs is 13. The van der Waals surface area contributed by atoms with Gasteiger partial charge in [0.2, 0.25) is 0 Å². The Morgan fingerprint density at radius 3 is 1.27 bits per heavy atom. The summed E-state index contributed by atoms with van der Waals surface area (Å²) in [6.45, 7) is 0. The van der Waals surface area contributed by atoms with Crippen LogP contribution >= 0.6 is 0 Å². The molecule has 13 aromatic rings. The van der Waals surface area contributed by atoms with Gasteiger partial charge >= 0.3 is 0 Å². The van der Waals surface area contributed by atoms with Gasteiger partial charge in [0.05, 0.1) is 5.41 Å². The van der Waals surface area contributed by atoms with Gasteiger partial charge in [-0.2, -0.15) is 0 Å². The summed E-state index contributed by atoms with van der Waals surface area (Å²) < 4.78 is 0. The van der Waals surface area contributed by atoms with Gasteiger partial charge in [0.1, 0.15) is 0 Å². The van der Waals surface area contributed by atoms with E-state index in [-0.39, 0.29) is 0 Å². The highest BCUT2D eigenvalue weighted by molar-refractivity contribution is 6.23. The average Bonchev–Trinajstić information content (AvgIpc) is 3.73. The van der Waals surface area contributed by atoms with Crippen molar-refractivity contribution >= 4 is 64.6 Å². The van der Waals surface area contributed by atoms with Crippen molar-refractivity contribution in [1.29, 1.82) is 0 Å². The standard InChI is InChI=1S/C67H42/c1-3-22-50(23-4-1)67(51-24-5-2-6-25-51)65-52-38-36-46(40-47(52)37-39-61(65)64-55-28-11-9-26-53(55)54-27-10-16-33-60(54)66(64)67)45-20-17-21-48(42-45)62-56-29-12-14-31-58(56)63(59-32-15-13-30-57(59)62)49-35-34-43-18-7-8-19-44(43)41-49/h1-42H. The molecular weight excluding hydrogens is 805 g/mol. The molecule has 0 fully saturated rings. The lowest BCUT2D eigenvalue weighted by atomic mass is 9.65. The van der Waals surface area contributed by atoms with Gasteiger partial charge in [0.15, 0.2) is 0 Å². The molecule has 0 heterocycles. The van der Waals surface area contributed by atoms with Crippen LogP contribution in [0, 0.1) is 0 Å². The summed E-state index contributed by atoms with van der Waals surface area (Å²) in [6, 6.07) is 95.3. The Balaban J connectivity index is 0.993. The molecule has 0 atom stereocenters. The van der Waals surface area contributed by atoms with Gasteiger partial charge in [-0.1, -0.05) is 237 Å². The lowest BCUT2D eigenvalue weighted by Crippen LogP contribution is -2.29. The maximum absolute atomic E-state index is 2.42. The van der Waals surface area contributed by atoms with E-state index in [0.717, 1.165) is 0 Å². The molecule has 0 saturated heterocycles. The molecule has 310 valence electrons. The Kier molecular flexibility index (Phi) is 8.30. The predicted octanol–water partition coefficient (Wildman–Crippen LogP) is 18.0. The van der Waals surface area contributed by atoms with E-state index in [2.05, 4.69) is 255 Å². The third-order valence-electron chi connectivity index (χ3n) is 14.8. The summed E-state index contributed by atoms with van der Waals surface area (Å²) in [5.74, 6) is 0. The fourth-order valence-electron chi connectivity index (χ4n) is 12.1. The quantitative estimate of drug-likeness (QED) is 0.120. The second-order valence-corrected chi connectivity index (χ2v) is 18.2. The van der Waals surface area contributed by atoms with Crippen molar-refractivity contribution in [2.75, 3.05) is 0 Å². The lowest BCUT2D eigenvalue weighted by molar-refractivity contribution is 0.783. The van der Waals surface area contributed by atoms with Gasteiger partial charge in [-0.25, -0.2) is 0 Å². The number of hydrogen-bond acceptors (Lipinski definition) is 0. The molecule has 0 bridgehead atoms. The zero-order valence-corrected chi connectivity index (χ0v) is 36.7. The van der Waals surface area contributed by atoms with E-state index in [1.54, 1.807) is 0 Å². The molecule has 0 heteroatoms. The van der Waals surface area contributed by atoms with E-state index >= 15 is 0 Å². The number of benzene rings is 13. The maximum atomic E-state index is 2.42. The van der Waals surface area contributed by atoms with Crippen LogP contribution in [0.2, 0.25) is 0 Å². The third-order valence-corrected chi connectivity index (χ3v) is 14.8. The van der Waals surface area contributed by atoms with E-state index in [1.165, 1.54) is 131 Å². The molecule has 1 aliphatic carbocycles. The molecule has 0 aromatic heterocycles. The van der Waals surface area contributed by atoms with Crippen molar-refractivity contribution in [3.05, 3.63) is 277 Å². The van der Waals surface area contributed by atoms with Crippen LogP contribution in [0.4, 0.5) is 0 Å². The van der Waals surface area contributed by atoms with Crippen molar-refractivity contribution in [2.45, 2.75) is 5.41 Å². The molecule has 0 unspecified atom stereocenters. The summed E-state index contributed by atoms with van der Waals surface area (Å²) in [7, 11) is 0. The van der Waals surface area contributed by atoms with Gasteiger partial charge < -0.3 is 0 Å². The van der Waals surface area contributed by atoms with Crippen molar-refractivity contribution in [1.82, 2.24) is 0 Å². The highest BCUT2D eigenvalue weighted by Gasteiger charge is 2.49. The van der Waals surface area contributed by atoms with Crippen molar-refractivity contribution < 1.29 is 0 Å². The van der Waals surface area contributed by atoms with Crippen LogP contribution in [0.15, 0.2) is 255 Å². The zero-order valence-electron chi connectivity index (χ0n) is 36.7. The summed E-state index contributed by atoms with van der Waals surface area (Å²) in [6.07, 6.45) is 0. The molecule has 67 heavy (non-hydrogen) atoms. The third kappa shape index (κ3) is 5.48. The first kappa shape index (κ1) is 37.8. The van der Waals surface area contributed by atoms with Gasteiger partial charge in [-0.15, -0.1) is 0 Å². The van der Waals surface area contributed by atoms with Crippen LogP contribution in [0.5, 0.6) is 0 Å². The van der Waals surface area contributed by atoms with Gasteiger partial charge in [-0.05, 0) is 150 Å². The topological polar surface area (TPSA) is 0 Å². The van der Waals surface area contributed by atoms with Crippen molar-refractivity contribution in [3.63, 3.8) is 0 Å². The normalized spacial score (nSPS) is 12.9. The smallest absolute Gasteiger partial charge is 0.0622 e. The Labute approximate surface area is 389 Å². The number of hydrogen-bond donors (Lipinski definition) is 0. The molecule has 0 radical (unpaired) electrons. The van der Waals surface area contributed by atoms with E-state index in [1.807, 2.05) is 0 Å². The van der Waals surface area contributed by atoms with Gasteiger partial charge in [0.25, 0.3) is 0 Å². The van der Waals surface area contributed by atoms with E-state index in [0.29, 0.717) is 0 Å². The first-order valence-electron chi connectivity index (χ1n) is 23.4. The van der Waals surface area contributed by atoms with Crippen LogP contribution < -0.4 is 0 Å². The minimum atomic E-state index is -0.571. The second-order valence-electron chi connectivity index (χ2n) is 18.2. The molecule has 1 aliphatic rings. The Bertz CT molecular complexity index is 4040. The Morgan fingerprint density at radius 1 is 0.209 bits per heavy atom. The lowest BCUT2D eigenvalue weighted by Gasteiger charge is -2.35. The predicted molar refractivity (Wildman–Crippen MR) is 285 cm³/mol. The highest BCUT2D eigenvalue weighted by Crippen LogP contribution is 2.62. The summed E-state index contributed by atoms with van der Waals surface area (Å²) in [5.41, 5.74) is 14.7. The maximum Gasteiger partial charge on any atom is 0.0725 e. The summed E-state index contributed by atoms with van der Waals surface area (Å²) in [5, 5.41) is 15.2. The van der Waals surface area contributed by atoms with E-state index in [9.17, 15) is 0 Å². The molecule has 13 aromatic carbocycles. The second kappa shape index (κ2) is 14.7. The first-order valence-corrected chi connectivity index (χ1v) is 23.4. The molecule has 0 aliphatic heterocycles. The highest BCUT2D eigenvalue weighted by atomic mass is 14.5. The zero-order chi connectivity index (χ0) is 44.1. The van der Waals surface area contributed by atoms with Crippen LogP contribution in [0.1, 0.15) is 22.3 Å². The molecule has 0 nitrogen and oxygen atoms in total. The number of rotatable bonds is 5. The summed E-state index contributed by atoms with van der Waals surface area (Å²) in [4.78, 5) is 0. The monoisotopic (exact) mass is 846 g/mol. The fraction of sp³-hybridized carbons (Fsp3) is 0.0149. The molecule has 0 N–H and O–H groups in total. The van der Waals surface area contributed by atoms with Crippen molar-refractivity contribution in [3.8, 4) is 44.5 Å². The Hall–Kier alpha value is -8.58. The largest absolute Gasteiger partial charge is 0.0725 e. The molecular formula is C67H42. The molecule has 14 rings (SSSR count). The van der Waals surface area contributed by atoms with E-state index < -0.39 is 5.41 Å². The molecule has 0 spiro atoms. The minimum Gasteiger partial charge on any atom is -0.0622 e. The van der Waals surface area contributed by atoms with Gasteiger partial charge in [0, 0.05) is 0 Å². The average molecular weight is 847 g/mol. The molecule has 0 saturated carbocycles. The SMILES string of the molecule is c1ccc(C2(c3ccccc3)c3c(ccc4cc(-c5cccc(-c6c7ccccc7c(-c7ccc8ccccc8c7)c7ccccc67)c5)ccc34)-c3c2c2ccccc2c2ccccc32)cc1. The minimum absolute atomic E-state index is 0.571. The van der Waals surface area contributed by atoms with E-state index in [4.69, 9.17) is 0 Å². The van der Waals surface area contributed by atoms with Crippen molar-refractivity contribution in [2.24, 2.45) is 0 Å². The first-order chi connectivity index (χ1) is 33.3. The summed E-state index contributed by atoms with van der Waals surface area (Å²) >= 11 is 0.